The van der Waals surface area contributed by atoms with Crippen LogP contribution in [0.2, 0.25) is 0 Å². The van der Waals surface area contributed by atoms with E-state index in [-0.39, 0.29) is 0 Å². The molecule has 2 rings (SSSR count). The fourth-order valence-electron chi connectivity index (χ4n) is 1.75. The lowest BCUT2D eigenvalue weighted by Gasteiger charge is -2.10. The van der Waals surface area contributed by atoms with Crippen molar-refractivity contribution in [3.05, 3.63) is 33.5 Å². The van der Waals surface area contributed by atoms with E-state index >= 15 is 0 Å². The van der Waals surface area contributed by atoms with Crippen molar-refractivity contribution in [1.82, 2.24) is 9.97 Å². The van der Waals surface area contributed by atoms with E-state index in [9.17, 15) is 0 Å². The maximum atomic E-state index is 5.51. The van der Waals surface area contributed by atoms with Crippen molar-refractivity contribution in [3.8, 4) is 17.1 Å². The van der Waals surface area contributed by atoms with Gasteiger partial charge in [-0.2, -0.15) is 0 Å². The van der Waals surface area contributed by atoms with Crippen LogP contribution in [0.1, 0.15) is 12.6 Å². The molecule has 0 aliphatic carbocycles. The summed E-state index contributed by atoms with van der Waals surface area (Å²) < 4.78 is 6.55. The summed E-state index contributed by atoms with van der Waals surface area (Å²) in [6.45, 7) is 4.61. The number of hydrogen-bond donors (Lipinski definition) is 1. The van der Waals surface area contributed by atoms with Gasteiger partial charge in [-0.05, 0) is 48.6 Å². The van der Waals surface area contributed by atoms with E-state index in [4.69, 9.17) is 4.74 Å². The molecule has 0 bridgehead atoms. The molecule has 0 saturated carbocycles. The number of hydrogen-bond acceptors (Lipinski definition) is 4. The molecule has 1 heterocycles. The highest BCUT2D eigenvalue weighted by atomic mass is 127. The van der Waals surface area contributed by atoms with Crippen LogP contribution in [0.15, 0.2) is 24.3 Å². The summed E-state index contributed by atoms with van der Waals surface area (Å²) in [4.78, 5) is 9.08. The van der Waals surface area contributed by atoms with Gasteiger partial charge in [0.2, 0.25) is 0 Å². The SMILES string of the molecule is CCOc1cccc(-c2nc(C)c(I)c(NC)n2)c1. The van der Waals surface area contributed by atoms with Gasteiger partial charge >= 0.3 is 0 Å². The van der Waals surface area contributed by atoms with Gasteiger partial charge < -0.3 is 10.1 Å². The van der Waals surface area contributed by atoms with Crippen LogP contribution >= 0.6 is 22.6 Å². The van der Waals surface area contributed by atoms with Crippen LogP contribution in [0.25, 0.3) is 11.4 Å². The standard InChI is InChI=1S/C14H16IN3O/c1-4-19-11-7-5-6-10(8-11)13-17-9(2)12(15)14(16-3)18-13/h5-8H,4H2,1-3H3,(H,16,17,18). The van der Waals surface area contributed by atoms with Crippen LogP contribution < -0.4 is 10.1 Å². The lowest BCUT2D eigenvalue weighted by molar-refractivity contribution is 0.340. The first-order chi connectivity index (χ1) is 9.15. The molecule has 0 fully saturated rings. The number of nitrogens with zero attached hydrogens (tertiary/aromatic N) is 2. The summed E-state index contributed by atoms with van der Waals surface area (Å²) >= 11 is 2.25. The Morgan fingerprint density at radius 2 is 2.11 bits per heavy atom. The molecule has 1 aromatic carbocycles. The maximum Gasteiger partial charge on any atom is 0.161 e. The van der Waals surface area contributed by atoms with Crippen molar-refractivity contribution in [2.24, 2.45) is 0 Å². The molecule has 1 aromatic heterocycles. The minimum absolute atomic E-state index is 0.651. The molecular weight excluding hydrogens is 353 g/mol. The number of nitrogens with one attached hydrogen (secondary N) is 1. The molecule has 5 heteroatoms. The summed E-state index contributed by atoms with van der Waals surface area (Å²) in [5.74, 6) is 2.40. The van der Waals surface area contributed by atoms with E-state index in [1.807, 2.05) is 45.2 Å². The number of anilines is 1. The van der Waals surface area contributed by atoms with Crippen LogP contribution in [-0.4, -0.2) is 23.6 Å². The molecule has 0 amide bonds. The van der Waals surface area contributed by atoms with Crippen LogP contribution in [0.5, 0.6) is 5.75 Å². The lowest BCUT2D eigenvalue weighted by atomic mass is 10.2. The second kappa shape index (κ2) is 6.18. The quantitative estimate of drug-likeness (QED) is 0.839. The van der Waals surface area contributed by atoms with E-state index in [1.165, 1.54) is 0 Å². The first kappa shape index (κ1) is 14.0. The molecule has 2 aromatic rings. The van der Waals surface area contributed by atoms with Gasteiger partial charge in [0, 0.05) is 12.6 Å². The van der Waals surface area contributed by atoms with Gasteiger partial charge in [0.25, 0.3) is 0 Å². The van der Waals surface area contributed by atoms with Crippen molar-refractivity contribution < 1.29 is 4.74 Å². The molecule has 19 heavy (non-hydrogen) atoms. The Hall–Kier alpha value is -1.37. The summed E-state index contributed by atoms with van der Waals surface area (Å²) in [5, 5.41) is 3.10. The topological polar surface area (TPSA) is 47.0 Å². The van der Waals surface area contributed by atoms with Gasteiger partial charge in [0.15, 0.2) is 5.82 Å². The Bertz CT molecular complexity index is 587. The third-order valence-electron chi connectivity index (χ3n) is 2.66. The average molecular weight is 369 g/mol. The largest absolute Gasteiger partial charge is 0.494 e. The van der Waals surface area contributed by atoms with Crippen LogP contribution in [0.4, 0.5) is 5.82 Å². The zero-order valence-electron chi connectivity index (χ0n) is 11.2. The van der Waals surface area contributed by atoms with Crippen molar-refractivity contribution in [2.75, 3.05) is 19.0 Å². The zero-order valence-corrected chi connectivity index (χ0v) is 13.4. The highest BCUT2D eigenvalue weighted by molar-refractivity contribution is 14.1. The predicted octanol–water partition coefficient (Wildman–Crippen LogP) is 3.50. The third kappa shape index (κ3) is 3.15. The number of rotatable bonds is 4. The number of aromatic nitrogens is 2. The molecular formula is C14H16IN3O. The molecule has 1 N–H and O–H groups in total. The Kier molecular flexibility index (Phi) is 4.57. The number of aryl methyl sites for hydroxylation is 1. The fraction of sp³-hybridized carbons (Fsp3) is 0.286. The Morgan fingerprint density at radius 1 is 1.32 bits per heavy atom. The average Bonchev–Trinajstić information content (AvgIpc) is 2.42. The monoisotopic (exact) mass is 369 g/mol. The van der Waals surface area contributed by atoms with Gasteiger partial charge in [-0.3, -0.25) is 0 Å². The van der Waals surface area contributed by atoms with E-state index in [2.05, 4.69) is 37.9 Å². The second-order valence-electron chi connectivity index (χ2n) is 4.01. The minimum Gasteiger partial charge on any atom is -0.494 e. The molecule has 0 atom stereocenters. The van der Waals surface area contributed by atoms with Crippen molar-refractivity contribution >= 4 is 28.4 Å². The van der Waals surface area contributed by atoms with Crippen LogP contribution in [0.3, 0.4) is 0 Å². The van der Waals surface area contributed by atoms with Crippen molar-refractivity contribution in [2.45, 2.75) is 13.8 Å². The van der Waals surface area contributed by atoms with Gasteiger partial charge in [-0.1, -0.05) is 12.1 Å². The van der Waals surface area contributed by atoms with E-state index in [1.54, 1.807) is 0 Å². The van der Waals surface area contributed by atoms with Gasteiger partial charge in [-0.25, -0.2) is 9.97 Å². The predicted molar refractivity (Wildman–Crippen MR) is 85.6 cm³/mol. The molecule has 0 spiro atoms. The number of halogens is 1. The third-order valence-corrected chi connectivity index (χ3v) is 3.95. The molecule has 0 aliphatic rings. The highest BCUT2D eigenvalue weighted by Crippen LogP contribution is 2.25. The Balaban J connectivity index is 2.46. The summed E-state index contributed by atoms with van der Waals surface area (Å²) in [6, 6.07) is 7.84. The fourth-order valence-corrected chi connectivity index (χ4v) is 2.26. The molecule has 0 unspecified atom stereocenters. The van der Waals surface area contributed by atoms with Gasteiger partial charge in [0.05, 0.1) is 15.9 Å². The van der Waals surface area contributed by atoms with Gasteiger partial charge in [0.1, 0.15) is 11.6 Å². The molecule has 0 radical (unpaired) electrons. The lowest BCUT2D eigenvalue weighted by Crippen LogP contribution is -2.03. The van der Waals surface area contributed by atoms with Crippen LogP contribution in [-0.2, 0) is 0 Å². The molecule has 0 saturated heterocycles. The summed E-state index contributed by atoms with van der Waals surface area (Å²) in [5.41, 5.74) is 1.93. The Labute approximate surface area is 126 Å². The maximum absolute atomic E-state index is 5.51. The first-order valence-electron chi connectivity index (χ1n) is 6.10. The summed E-state index contributed by atoms with van der Waals surface area (Å²) in [7, 11) is 1.87. The number of ether oxygens (including phenoxy) is 1. The van der Waals surface area contributed by atoms with Crippen molar-refractivity contribution in [1.29, 1.82) is 0 Å². The highest BCUT2D eigenvalue weighted by Gasteiger charge is 2.10. The van der Waals surface area contributed by atoms with E-state index in [0.29, 0.717) is 12.4 Å². The molecule has 4 nitrogen and oxygen atoms in total. The van der Waals surface area contributed by atoms with E-state index < -0.39 is 0 Å². The normalized spacial score (nSPS) is 10.3. The first-order valence-corrected chi connectivity index (χ1v) is 7.18. The molecule has 0 aliphatic heterocycles. The van der Waals surface area contributed by atoms with Gasteiger partial charge in [-0.15, -0.1) is 0 Å². The number of benzene rings is 1. The van der Waals surface area contributed by atoms with Crippen LogP contribution in [0, 0.1) is 10.5 Å². The summed E-state index contributed by atoms with van der Waals surface area (Å²) in [6.07, 6.45) is 0. The van der Waals surface area contributed by atoms with E-state index in [0.717, 1.165) is 26.4 Å². The van der Waals surface area contributed by atoms with Crippen molar-refractivity contribution in [3.63, 3.8) is 0 Å². The smallest absolute Gasteiger partial charge is 0.161 e. The second-order valence-corrected chi connectivity index (χ2v) is 5.08. The molecule has 100 valence electrons. The zero-order chi connectivity index (χ0) is 13.8. The minimum atomic E-state index is 0.651. The Morgan fingerprint density at radius 3 is 2.79 bits per heavy atom.